The SMILES string of the molecule is O=C(CCBr)NCCCCCO. The van der Waals surface area contributed by atoms with E-state index < -0.39 is 0 Å². The highest BCUT2D eigenvalue weighted by atomic mass is 79.9. The van der Waals surface area contributed by atoms with Gasteiger partial charge in [0, 0.05) is 24.9 Å². The summed E-state index contributed by atoms with van der Waals surface area (Å²) >= 11 is 3.19. The average molecular weight is 238 g/mol. The standard InChI is InChI=1S/C8H16BrNO2/c9-5-4-8(12)10-6-2-1-3-7-11/h11H,1-7H2,(H,10,12). The van der Waals surface area contributed by atoms with Crippen molar-refractivity contribution in [2.75, 3.05) is 18.5 Å². The van der Waals surface area contributed by atoms with Gasteiger partial charge in [-0.3, -0.25) is 4.79 Å². The molecule has 4 heteroatoms. The summed E-state index contributed by atoms with van der Waals surface area (Å²) in [5.74, 6) is 0.0934. The second-order valence-corrected chi connectivity index (χ2v) is 3.37. The van der Waals surface area contributed by atoms with E-state index in [4.69, 9.17) is 5.11 Å². The monoisotopic (exact) mass is 237 g/mol. The van der Waals surface area contributed by atoms with Gasteiger partial charge in [-0.1, -0.05) is 15.9 Å². The summed E-state index contributed by atoms with van der Waals surface area (Å²) in [6.07, 6.45) is 3.30. The first-order valence-corrected chi connectivity index (χ1v) is 5.37. The van der Waals surface area contributed by atoms with Crippen LogP contribution in [0.2, 0.25) is 0 Å². The maximum atomic E-state index is 10.9. The lowest BCUT2D eigenvalue weighted by Crippen LogP contribution is -2.24. The predicted octanol–water partition coefficient (Wildman–Crippen LogP) is 1.05. The summed E-state index contributed by atoms with van der Waals surface area (Å²) in [7, 11) is 0. The number of carbonyl (C=O) groups excluding carboxylic acids is 1. The van der Waals surface area contributed by atoms with E-state index in [1.165, 1.54) is 0 Å². The van der Waals surface area contributed by atoms with Crippen LogP contribution in [0.3, 0.4) is 0 Å². The van der Waals surface area contributed by atoms with Crippen molar-refractivity contribution in [2.24, 2.45) is 0 Å². The van der Waals surface area contributed by atoms with Crippen LogP contribution in [0.1, 0.15) is 25.7 Å². The molecule has 0 aliphatic rings. The van der Waals surface area contributed by atoms with E-state index in [-0.39, 0.29) is 12.5 Å². The first-order chi connectivity index (χ1) is 5.81. The van der Waals surface area contributed by atoms with Crippen molar-refractivity contribution < 1.29 is 9.90 Å². The Labute approximate surface area is 81.7 Å². The average Bonchev–Trinajstić information content (AvgIpc) is 2.05. The molecule has 0 unspecified atom stereocenters. The zero-order chi connectivity index (χ0) is 9.23. The molecule has 0 atom stereocenters. The van der Waals surface area contributed by atoms with E-state index in [9.17, 15) is 4.79 Å². The van der Waals surface area contributed by atoms with E-state index in [0.29, 0.717) is 6.42 Å². The molecule has 12 heavy (non-hydrogen) atoms. The summed E-state index contributed by atoms with van der Waals surface area (Å²) in [6, 6.07) is 0. The van der Waals surface area contributed by atoms with Crippen LogP contribution in [-0.2, 0) is 4.79 Å². The van der Waals surface area contributed by atoms with Crippen LogP contribution in [0, 0.1) is 0 Å². The molecule has 0 aliphatic heterocycles. The Kier molecular flexibility index (Phi) is 8.93. The van der Waals surface area contributed by atoms with Crippen LogP contribution in [0.15, 0.2) is 0 Å². The maximum absolute atomic E-state index is 10.9. The molecule has 3 nitrogen and oxygen atoms in total. The first kappa shape index (κ1) is 11.9. The van der Waals surface area contributed by atoms with Crippen molar-refractivity contribution in [3.8, 4) is 0 Å². The van der Waals surface area contributed by atoms with Gasteiger partial charge in [-0.15, -0.1) is 0 Å². The lowest BCUT2D eigenvalue weighted by Gasteiger charge is -2.02. The second-order valence-electron chi connectivity index (χ2n) is 2.57. The number of hydrogen-bond acceptors (Lipinski definition) is 2. The number of alkyl halides is 1. The summed E-state index contributed by atoms with van der Waals surface area (Å²) < 4.78 is 0. The van der Waals surface area contributed by atoms with Gasteiger partial charge in [-0.2, -0.15) is 0 Å². The molecule has 0 rings (SSSR count). The minimum absolute atomic E-state index is 0.0934. The lowest BCUT2D eigenvalue weighted by atomic mass is 10.2. The highest BCUT2D eigenvalue weighted by Crippen LogP contribution is 1.92. The molecule has 0 bridgehead atoms. The van der Waals surface area contributed by atoms with Gasteiger partial charge in [-0.25, -0.2) is 0 Å². The number of unbranched alkanes of at least 4 members (excludes halogenated alkanes) is 2. The fourth-order valence-electron chi connectivity index (χ4n) is 0.816. The molecule has 0 aromatic rings. The third-order valence-electron chi connectivity index (χ3n) is 1.48. The van der Waals surface area contributed by atoms with E-state index in [2.05, 4.69) is 21.2 Å². The van der Waals surface area contributed by atoms with Crippen molar-refractivity contribution in [1.29, 1.82) is 0 Å². The summed E-state index contributed by atoms with van der Waals surface area (Å²) in [4.78, 5) is 10.9. The Hall–Kier alpha value is -0.0900. The molecule has 72 valence electrons. The fraction of sp³-hybridized carbons (Fsp3) is 0.875. The van der Waals surface area contributed by atoms with Crippen molar-refractivity contribution >= 4 is 21.8 Å². The van der Waals surface area contributed by atoms with Crippen LogP contribution >= 0.6 is 15.9 Å². The Balaban J connectivity index is 3.03. The lowest BCUT2D eigenvalue weighted by molar-refractivity contribution is -0.120. The Morgan fingerprint density at radius 1 is 1.33 bits per heavy atom. The van der Waals surface area contributed by atoms with Gasteiger partial charge in [0.05, 0.1) is 0 Å². The highest BCUT2D eigenvalue weighted by Gasteiger charge is 1.97. The largest absolute Gasteiger partial charge is 0.396 e. The first-order valence-electron chi connectivity index (χ1n) is 4.24. The van der Waals surface area contributed by atoms with Crippen molar-refractivity contribution in [3.63, 3.8) is 0 Å². The number of aliphatic hydroxyl groups is 1. The van der Waals surface area contributed by atoms with Gasteiger partial charge in [-0.05, 0) is 19.3 Å². The van der Waals surface area contributed by atoms with Gasteiger partial charge in [0.1, 0.15) is 0 Å². The second kappa shape index (κ2) is 9.00. The number of halogens is 1. The van der Waals surface area contributed by atoms with Gasteiger partial charge < -0.3 is 10.4 Å². The van der Waals surface area contributed by atoms with Crippen molar-refractivity contribution in [1.82, 2.24) is 5.32 Å². The number of aliphatic hydroxyl groups excluding tert-OH is 1. The van der Waals surface area contributed by atoms with Gasteiger partial charge >= 0.3 is 0 Å². The molecular formula is C8H16BrNO2. The predicted molar refractivity (Wildman–Crippen MR) is 52.4 cm³/mol. The van der Waals surface area contributed by atoms with Gasteiger partial charge in [0.15, 0.2) is 0 Å². The zero-order valence-corrected chi connectivity index (χ0v) is 8.77. The third-order valence-corrected chi connectivity index (χ3v) is 1.88. The van der Waals surface area contributed by atoms with E-state index in [0.717, 1.165) is 31.1 Å². The molecule has 0 aliphatic carbocycles. The fourth-order valence-corrected chi connectivity index (χ4v) is 1.18. The molecule has 2 N–H and O–H groups in total. The summed E-state index contributed by atoms with van der Waals surface area (Å²) in [5, 5.41) is 12.0. The maximum Gasteiger partial charge on any atom is 0.220 e. The molecular weight excluding hydrogens is 222 g/mol. The third kappa shape index (κ3) is 8.01. The molecule has 1 amide bonds. The molecule has 0 aromatic heterocycles. The topological polar surface area (TPSA) is 49.3 Å². The van der Waals surface area contributed by atoms with Crippen LogP contribution in [-0.4, -0.2) is 29.5 Å². The van der Waals surface area contributed by atoms with Crippen LogP contribution < -0.4 is 5.32 Å². The quantitative estimate of drug-likeness (QED) is 0.514. The smallest absolute Gasteiger partial charge is 0.220 e. The van der Waals surface area contributed by atoms with Crippen molar-refractivity contribution in [3.05, 3.63) is 0 Å². The molecule has 0 saturated heterocycles. The molecule has 0 aromatic carbocycles. The number of rotatable bonds is 7. The Bertz CT molecular complexity index is 120. The van der Waals surface area contributed by atoms with Crippen molar-refractivity contribution in [2.45, 2.75) is 25.7 Å². The summed E-state index contributed by atoms with van der Waals surface area (Å²) in [5.41, 5.74) is 0. The molecule has 0 spiro atoms. The minimum atomic E-state index is 0.0934. The molecule has 0 saturated carbocycles. The Morgan fingerprint density at radius 3 is 2.67 bits per heavy atom. The minimum Gasteiger partial charge on any atom is -0.396 e. The van der Waals surface area contributed by atoms with Crippen LogP contribution in [0.4, 0.5) is 0 Å². The van der Waals surface area contributed by atoms with Crippen LogP contribution in [0.5, 0.6) is 0 Å². The number of amides is 1. The molecule has 0 fully saturated rings. The zero-order valence-electron chi connectivity index (χ0n) is 7.18. The number of carbonyl (C=O) groups is 1. The van der Waals surface area contributed by atoms with E-state index in [1.807, 2.05) is 0 Å². The Morgan fingerprint density at radius 2 is 2.08 bits per heavy atom. The van der Waals surface area contributed by atoms with Gasteiger partial charge in [0.2, 0.25) is 5.91 Å². The van der Waals surface area contributed by atoms with Gasteiger partial charge in [0.25, 0.3) is 0 Å². The summed E-state index contributed by atoms with van der Waals surface area (Å²) in [6.45, 7) is 0.973. The number of nitrogens with one attached hydrogen (secondary N) is 1. The molecule has 0 radical (unpaired) electrons. The molecule has 0 heterocycles. The highest BCUT2D eigenvalue weighted by molar-refractivity contribution is 9.09. The number of hydrogen-bond donors (Lipinski definition) is 2. The normalized spacial score (nSPS) is 9.83. The van der Waals surface area contributed by atoms with E-state index >= 15 is 0 Å². The van der Waals surface area contributed by atoms with Crippen LogP contribution in [0.25, 0.3) is 0 Å². The van der Waals surface area contributed by atoms with E-state index in [1.54, 1.807) is 0 Å².